The molecule has 0 bridgehead atoms. The van der Waals surface area contributed by atoms with Crippen LogP contribution in [0.2, 0.25) is 5.02 Å². The lowest BCUT2D eigenvalue weighted by Crippen LogP contribution is -2.34. The predicted octanol–water partition coefficient (Wildman–Crippen LogP) is 2.60. The van der Waals surface area contributed by atoms with Crippen LogP contribution < -0.4 is 10.0 Å². The number of alkyl halides is 3. The van der Waals surface area contributed by atoms with Crippen LogP contribution in [0.25, 0.3) is 0 Å². The Hall–Kier alpha value is -0.830. The van der Waals surface area contributed by atoms with E-state index in [2.05, 4.69) is 5.32 Å². The lowest BCUT2D eigenvalue weighted by Gasteiger charge is -2.15. The van der Waals surface area contributed by atoms with Gasteiger partial charge >= 0.3 is 6.18 Å². The van der Waals surface area contributed by atoms with E-state index < -0.39 is 22.7 Å². The van der Waals surface area contributed by atoms with Crippen LogP contribution in [0.1, 0.15) is 18.1 Å². The van der Waals surface area contributed by atoms with E-state index in [1.54, 1.807) is 6.07 Å². The van der Waals surface area contributed by atoms with Crippen LogP contribution >= 0.6 is 11.6 Å². The normalized spacial score (nSPS) is 12.7. The molecule has 21 heavy (non-hydrogen) atoms. The molecule has 0 aliphatic carbocycles. The molecule has 1 rings (SSSR count). The molecule has 0 radical (unpaired) electrons. The second-order valence-corrected chi connectivity index (χ2v) is 6.58. The summed E-state index contributed by atoms with van der Waals surface area (Å²) in [5, 5.41) is 3.17. The monoisotopic (exact) mass is 344 g/mol. The molecule has 0 aromatic heterocycles. The van der Waals surface area contributed by atoms with E-state index in [1.165, 1.54) is 11.6 Å². The maximum absolute atomic E-state index is 12.2. The zero-order chi connectivity index (χ0) is 16.3. The molecule has 1 aromatic rings. The minimum absolute atomic E-state index is 0.154. The zero-order valence-corrected chi connectivity index (χ0v) is 13.1. The summed E-state index contributed by atoms with van der Waals surface area (Å²) in [6.07, 6.45) is -4.62. The summed E-state index contributed by atoms with van der Waals surface area (Å²) in [5.41, 5.74) is 0.992. The summed E-state index contributed by atoms with van der Waals surface area (Å²) in [5.74, 6) is 0. The van der Waals surface area contributed by atoms with E-state index >= 15 is 0 Å². The molecule has 1 aromatic carbocycles. The van der Waals surface area contributed by atoms with Gasteiger partial charge in [-0.2, -0.15) is 13.2 Å². The Morgan fingerprint density at radius 3 is 2.43 bits per heavy atom. The van der Waals surface area contributed by atoms with Crippen LogP contribution in [-0.4, -0.2) is 27.7 Å². The number of hydrogen-bond donors (Lipinski definition) is 2. The topological polar surface area (TPSA) is 58.2 Å². The molecule has 0 heterocycles. The summed E-state index contributed by atoms with van der Waals surface area (Å²) in [7, 11) is -4.28. The highest BCUT2D eigenvalue weighted by Gasteiger charge is 2.30. The van der Waals surface area contributed by atoms with Crippen molar-refractivity contribution >= 4 is 21.6 Å². The van der Waals surface area contributed by atoms with Crippen molar-refractivity contribution in [1.82, 2.24) is 10.0 Å². The van der Waals surface area contributed by atoms with E-state index in [0.29, 0.717) is 24.2 Å². The van der Waals surface area contributed by atoms with E-state index in [-0.39, 0.29) is 9.92 Å². The van der Waals surface area contributed by atoms with Gasteiger partial charge in [-0.25, -0.2) is 13.1 Å². The highest BCUT2D eigenvalue weighted by molar-refractivity contribution is 7.89. The molecule has 0 aliphatic rings. The molecular formula is C12H16ClF3N2O2S. The Balaban J connectivity index is 3.14. The number of hydrogen-bond acceptors (Lipinski definition) is 3. The maximum Gasteiger partial charge on any atom is 0.402 e. The molecule has 4 nitrogen and oxygen atoms in total. The predicted molar refractivity (Wildman–Crippen MR) is 74.8 cm³/mol. The standard InChI is InChI=1S/C12H16ClF3N2O2S/c1-3-17-6-9-4-10(13)5-11(8(9)2)21(19,20)18-7-12(14,15)16/h4-5,17-18H,3,6-7H2,1-2H3. The smallest absolute Gasteiger partial charge is 0.313 e. The van der Waals surface area contributed by atoms with Crippen molar-refractivity contribution in [2.45, 2.75) is 31.5 Å². The first-order valence-electron chi connectivity index (χ1n) is 6.13. The van der Waals surface area contributed by atoms with E-state index in [0.717, 1.165) is 6.07 Å². The SMILES string of the molecule is CCNCc1cc(Cl)cc(S(=O)(=O)NCC(F)(F)F)c1C. The third-order valence-corrected chi connectivity index (χ3v) is 4.50. The van der Waals surface area contributed by atoms with Gasteiger partial charge in [-0.15, -0.1) is 0 Å². The average molecular weight is 345 g/mol. The van der Waals surface area contributed by atoms with Gasteiger partial charge in [-0.05, 0) is 36.7 Å². The fourth-order valence-corrected chi connectivity index (χ4v) is 3.32. The molecular weight excluding hydrogens is 329 g/mol. The van der Waals surface area contributed by atoms with Crippen molar-refractivity contribution in [2.75, 3.05) is 13.1 Å². The van der Waals surface area contributed by atoms with Crippen LogP contribution in [0.5, 0.6) is 0 Å². The Kier molecular flexibility index (Phi) is 6.03. The summed E-state index contributed by atoms with van der Waals surface area (Å²) in [4.78, 5) is -0.243. The van der Waals surface area contributed by atoms with Gasteiger partial charge in [0.25, 0.3) is 0 Å². The summed E-state index contributed by atoms with van der Waals surface area (Å²) >= 11 is 5.85. The van der Waals surface area contributed by atoms with Crippen molar-refractivity contribution in [3.63, 3.8) is 0 Å². The van der Waals surface area contributed by atoms with Gasteiger partial charge in [0.2, 0.25) is 10.0 Å². The third-order valence-electron chi connectivity index (χ3n) is 2.75. The van der Waals surface area contributed by atoms with Crippen LogP contribution in [0, 0.1) is 6.92 Å². The van der Waals surface area contributed by atoms with Crippen LogP contribution in [0.4, 0.5) is 13.2 Å². The van der Waals surface area contributed by atoms with E-state index in [1.807, 2.05) is 6.92 Å². The quantitative estimate of drug-likeness (QED) is 0.834. The summed E-state index contributed by atoms with van der Waals surface area (Å²) in [6, 6.07) is 2.73. The van der Waals surface area contributed by atoms with Gasteiger partial charge in [0, 0.05) is 11.6 Å². The molecule has 0 atom stereocenters. The third kappa shape index (κ3) is 5.46. The van der Waals surface area contributed by atoms with Crippen molar-refractivity contribution in [2.24, 2.45) is 0 Å². The Morgan fingerprint density at radius 1 is 1.29 bits per heavy atom. The first-order valence-corrected chi connectivity index (χ1v) is 7.99. The first kappa shape index (κ1) is 18.2. The van der Waals surface area contributed by atoms with E-state index in [4.69, 9.17) is 11.6 Å². The molecule has 0 saturated heterocycles. The zero-order valence-electron chi connectivity index (χ0n) is 11.5. The Morgan fingerprint density at radius 2 is 1.90 bits per heavy atom. The van der Waals surface area contributed by atoms with Crippen molar-refractivity contribution in [1.29, 1.82) is 0 Å². The molecule has 0 fully saturated rings. The molecule has 2 N–H and O–H groups in total. The van der Waals surface area contributed by atoms with Crippen LogP contribution in [0.3, 0.4) is 0 Å². The van der Waals surface area contributed by atoms with Gasteiger partial charge in [-0.3, -0.25) is 0 Å². The number of sulfonamides is 1. The lowest BCUT2D eigenvalue weighted by atomic mass is 10.1. The van der Waals surface area contributed by atoms with Crippen molar-refractivity contribution < 1.29 is 21.6 Å². The Bertz CT molecular complexity index is 603. The second-order valence-electron chi connectivity index (χ2n) is 4.41. The Labute approximate surface area is 126 Å². The van der Waals surface area contributed by atoms with Crippen LogP contribution in [0.15, 0.2) is 17.0 Å². The number of halogens is 4. The number of rotatable bonds is 6. The van der Waals surface area contributed by atoms with Gasteiger partial charge in [0.1, 0.15) is 6.54 Å². The van der Waals surface area contributed by atoms with Crippen LogP contribution in [-0.2, 0) is 16.6 Å². The molecule has 0 amide bonds. The van der Waals surface area contributed by atoms with Crippen molar-refractivity contribution in [3.05, 3.63) is 28.3 Å². The van der Waals surface area contributed by atoms with E-state index in [9.17, 15) is 21.6 Å². The molecule has 120 valence electrons. The molecule has 0 spiro atoms. The number of nitrogens with one attached hydrogen (secondary N) is 2. The maximum atomic E-state index is 12.2. The molecule has 0 aliphatic heterocycles. The average Bonchev–Trinajstić information content (AvgIpc) is 2.36. The second kappa shape index (κ2) is 6.95. The molecule has 0 unspecified atom stereocenters. The van der Waals surface area contributed by atoms with Gasteiger partial charge < -0.3 is 5.32 Å². The fraction of sp³-hybridized carbons (Fsp3) is 0.500. The minimum Gasteiger partial charge on any atom is -0.313 e. The number of benzene rings is 1. The minimum atomic E-state index is -4.62. The highest BCUT2D eigenvalue weighted by atomic mass is 35.5. The van der Waals surface area contributed by atoms with Gasteiger partial charge in [0.15, 0.2) is 0 Å². The molecule has 0 saturated carbocycles. The lowest BCUT2D eigenvalue weighted by molar-refractivity contribution is -0.121. The van der Waals surface area contributed by atoms with Crippen molar-refractivity contribution in [3.8, 4) is 0 Å². The summed E-state index contributed by atoms with van der Waals surface area (Å²) in [6.45, 7) is 2.84. The largest absolute Gasteiger partial charge is 0.402 e. The van der Waals surface area contributed by atoms with Gasteiger partial charge in [-0.1, -0.05) is 18.5 Å². The fourth-order valence-electron chi connectivity index (χ4n) is 1.69. The first-order chi connectivity index (χ1) is 9.57. The molecule has 9 heteroatoms. The van der Waals surface area contributed by atoms with Gasteiger partial charge in [0.05, 0.1) is 4.90 Å². The summed E-state index contributed by atoms with van der Waals surface area (Å²) < 4.78 is 62.0. The highest BCUT2D eigenvalue weighted by Crippen LogP contribution is 2.25.